The minimum Gasteiger partial charge on any atom is -0.423 e. The van der Waals surface area contributed by atoms with Crippen LogP contribution in [0.25, 0.3) is 22.1 Å². The number of alkyl halides is 1. The molecule has 0 amide bonds. The van der Waals surface area contributed by atoms with Crippen LogP contribution in [0, 0.1) is 5.82 Å². The predicted octanol–water partition coefficient (Wildman–Crippen LogP) is 3.73. The molecule has 148 valence electrons. The number of aromatic nitrogens is 2. The van der Waals surface area contributed by atoms with Gasteiger partial charge in [0.15, 0.2) is 0 Å². The van der Waals surface area contributed by atoms with Gasteiger partial charge in [-0.1, -0.05) is 29.4 Å². The summed E-state index contributed by atoms with van der Waals surface area (Å²) in [5.74, 6) is -3.66. The van der Waals surface area contributed by atoms with E-state index in [-0.39, 0.29) is 18.4 Å². The molecule has 9 heteroatoms. The van der Waals surface area contributed by atoms with Gasteiger partial charge in [-0.25, -0.2) is 13.6 Å². The highest BCUT2D eigenvalue weighted by Crippen LogP contribution is 2.28. The van der Waals surface area contributed by atoms with Crippen LogP contribution in [0.5, 0.6) is 0 Å². The number of halogens is 2. The topological polar surface area (TPSA) is 101 Å². The van der Waals surface area contributed by atoms with Gasteiger partial charge in [-0.05, 0) is 34.9 Å². The van der Waals surface area contributed by atoms with E-state index in [0.717, 1.165) is 12.5 Å². The van der Waals surface area contributed by atoms with Crippen LogP contribution in [0.15, 0.2) is 62.2 Å². The molecular weight excluding hydrogens is 384 g/mol. The number of hydrogen-bond acceptors (Lipinski definition) is 7. The number of fused-ring (bicyclic) bond motifs is 1. The maximum atomic E-state index is 13.4. The summed E-state index contributed by atoms with van der Waals surface area (Å²) in [5, 5.41) is 19.7. The molecule has 0 aliphatic rings. The Bertz CT molecular complexity index is 1230. The highest BCUT2D eigenvalue weighted by molar-refractivity contribution is 5.93. The highest BCUT2D eigenvalue weighted by atomic mass is 19.2. The first-order valence-corrected chi connectivity index (χ1v) is 8.61. The van der Waals surface area contributed by atoms with Crippen molar-refractivity contribution < 1.29 is 22.7 Å². The summed E-state index contributed by atoms with van der Waals surface area (Å²) in [6.45, 7) is 1.10. The second-order valence-electron chi connectivity index (χ2n) is 6.54. The highest BCUT2D eigenvalue weighted by Gasteiger charge is 2.29. The third-order valence-corrected chi connectivity index (χ3v) is 4.22. The van der Waals surface area contributed by atoms with Crippen molar-refractivity contribution in [3.8, 4) is 11.1 Å². The van der Waals surface area contributed by atoms with Crippen LogP contribution in [0.2, 0.25) is 0 Å². The molecule has 0 unspecified atom stereocenters. The summed E-state index contributed by atoms with van der Waals surface area (Å²) in [4.78, 5) is 12.0. The first-order valence-electron chi connectivity index (χ1n) is 8.61. The van der Waals surface area contributed by atoms with E-state index in [1.165, 1.54) is 18.2 Å². The molecule has 2 N–H and O–H groups in total. The zero-order chi connectivity index (χ0) is 20.6. The fourth-order valence-corrected chi connectivity index (χ4v) is 2.84. The lowest BCUT2D eigenvalue weighted by atomic mass is 10.0. The van der Waals surface area contributed by atoms with Crippen molar-refractivity contribution in [2.24, 2.45) is 0 Å². The van der Waals surface area contributed by atoms with Gasteiger partial charge in [-0.15, -0.1) is 5.10 Å². The Balaban J connectivity index is 1.62. The minimum absolute atomic E-state index is 0.0699. The number of rotatable bonds is 5. The van der Waals surface area contributed by atoms with Gasteiger partial charge in [0.25, 0.3) is 11.7 Å². The molecule has 2 aromatic carbocycles. The molecule has 1 atom stereocenters. The second-order valence-corrected chi connectivity index (χ2v) is 6.54. The molecule has 7 nitrogen and oxygen atoms in total. The van der Waals surface area contributed by atoms with Crippen molar-refractivity contribution in [2.45, 2.75) is 19.3 Å². The van der Waals surface area contributed by atoms with E-state index in [1.807, 2.05) is 0 Å². The van der Waals surface area contributed by atoms with Crippen molar-refractivity contribution in [3.05, 3.63) is 76.2 Å². The van der Waals surface area contributed by atoms with Crippen molar-refractivity contribution in [2.75, 3.05) is 5.32 Å². The summed E-state index contributed by atoms with van der Waals surface area (Å²) in [6, 6.07) is 12.3. The maximum Gasteiger partial charge on any atom is 0.336 e. The number of anilines is 1. The smallest absolute Gasteiger partial charge is 0.336 e. The van der Waals surface area contributed by atoms with E-state index < -0.39 is 17.4 Å². The molecule has 2 aromatic heterocycles. The monoisotopic (exact) mass is 399 g/mol. The van der Waals surface area contributed by atoms with E-state index in [4.69, 9.17) is 8.83 Å². The number of nitrogens with one attached hydrogen (secondary N) is 1. The number of aliphatic hydroxyl groups is 1. The van der Waals surface area contributed by atoms with Gasteiger partial charge in [-0.3, -0.25) is 0 Å². The summed E-state index contributed by atoms with van der Waals surface area (Å²) in [7, 11) is 0. The summed E-state index contributed by atoms with van der Waals surface area (Å²) < 4.78 is 36.9. The predicted molar refractivity (Wildman–Crippen MR) is 100 cm³/mol. The lowest BCUT2D eigenvalue weighted by Gasteiger charge is -2.08. The molecular formula is C20H15F2N3O4. The van der Waals surface area contributed by atoms with Crippen LogP contribution < -0.4 is 10.9 Å². The number of hydrogen-bond donors (Lipinski definition) is 2. The van der Waals surface area contributed by atoms with E-state index in [1.54, 1.807) is 30.3 Å². The fourth-order valence-electron chi connectivity index (χ4n) is 2.84. The van der Waals surface area contributed by atoms with Gasteiger partial charge in [-0.2, -0.15) is 0 Å². The number of nitrogens with zero attached hydrogens (tertiary/aromatic N) is 2. The molecule has 4 rings (SSSR count). The summed E-state index contributed by atoms with van der Waals surface area (Å²) in [6.07, 6.45) is 0. The fraction of sp³-hybridized carbons (Fsp3) is 0.150. The molecule has 0 aliphatic heterocycles. The van der Waals surface area contributed by atoms with Crippen LogP contribution in [0.3, 0.4) is 0 Å². The molecule has 29 heavy (non-hydrogen) atoms. The van der Waals surface area contributed by atoms with Crippen molar-refractivity contribution in [3.63, 3.8) is 0 Å². The minimum atomic E-state index is -2.73. The molecule has 0 saturated heterocycles. The Hall–Kier alpha value is -3.59. The van der Waals surface area contributed by atoms with Gasteiger partial charge >= 0.3 is 11.6 Å². The lowest BCUT2D eigenvalue weighted by molar-refractivity contribution is -0.0977. The van der Waals surface area contributed by atoms with E-state index >= 15 is 0 Å². The summed E-state index contributed by atoms with van der Waals surface area (Å²) in [5.41, 5.74) is 1.86. The molecule has 0 saturated carbocycles. The van der Waals surface area contributed by atoms with Crippen molar-refractivity contribution in [1.29, 1.82) is 0 Å². The van der Waals surface area contributed by atoms with E-state index in [9.17, 15) is 18.7 Å². The lowest BCUT2D eigenvalue weighted by Crippen LogP contribution is -2.13. The van der Waals surface area contributed by atoms with Crippen LogP contribution in [0.4, 0.5) is 14.8 Å². The Morgan fingerprint density at radius 3 is 2.55 bits per heavy atom. The van der Waals surface area contributed by atoms with Gasteiger partial charge < -0.3 is 19.3 Å². The largest absolute Gasteiger partial charge is 0.423 e. The zero-order valence-corrected chi connectivity index (χ0v) is 15.1. The maximum absolute atomic E-state index is 13.4. The van der Waals surface area contributed by atoms with Gasteiger partial charge in [0.05, 0.1) is 0 Å². The van der Waals surface area contributed by atoms with Crippen LogP contribution in [-0.2, 0) is 12.4 Å². The third-order valence-electron chi connectivity index (χ3n) is 4.22. The average molecular weight is 399 g/mol. The van der Waals surface area contributed by atoms with Crippen LogP contribution in [-0.4, -0.2) is 15.3 Å². The van der Waals surface area contributed by atoms with Crippen LogP contribution in [0.1, 0.15) is 18.4 Å². The number of benzene rings is 2. The van der Waals surface area contributed by atoms with Crippen molar-refractivity contribution >= 4 is 17.0 Å². The Morgan fingerprint density at radius 2 is 1.86 bits per heavy atom. The Morgan fingerprint density at radius 1 is 1.10 bits per heavy atom. The molecule has 0 radical (unpaired) electrons. The quantitative estimate of drug-likeness (QED) is 0.493. The molecule has 4 aromatic rings. The zero-order valence-electron chi connectivity index (χ0n) is 15.1. The normalized spacial score (nSPS) is 13.4. The van der Waals surface area contributed by atoms with Gasteiger partial charge in [0, 0.05) is 24.9 Å². The second kappa shape index (κ2) is 7.10. The van der Waals surface area contributed by atoms with E-state index in [2.05, 4.69) is 15.5 Å². The molecule has 0 aliphatic carbocycles. The van der Waals surface area contributed by atoms with Gasteiger partial charge in [0.2, 0.25) is 0 Å². The van der Waals surface area contributed by atoms with E-state index in [0.29, 0.717) is 22.1 Å². The first kappa shape index (κ1) is 18.8. The first-order chi connectivity index (χ1) is 13.8. The molecule has 0 spiro atoms. The van der Waals surface area contributed by atoms with Crippen LogP contribution >= 0.6 is 0 Å². The summed E-state index contributed by atoms with van der Waals surface area (Å²) >= 11 is 0. The Labute approximate surface area is 162 Å². The SMILES string of the molecule is C[C@@](O)(F)c1nnc(NCc2ccc3c(-c4ccc(F)cc4)cc(=O)oc3c2)o1. The molecule has 0 fully saturated rings. The third kappa shape index (κ3) is 3.99. The standard InChI is InChI=1S/C20H15F2N3O4/c1-20(22,27)18-24-25-19(29-18)23-10-11-2-7-14-15(9-17(26)28-16(14)8-11)12-3-5-13(21)6-4-12/h2-9,27H,10H2,1H3,(H,23,25)/t20-/m0/s1. The van der Waals surface area contributed by atoms with Gasteiger partial charge in [0.1, 0.15) is 11.4 Å². The molecule has 2 heterocycles. The average Bonchev–Trinajstić information content (AvgIpc) is 3.16. The van der Waals surface area contributed by atoms with Crippen molar-refractivity contribution in [1.82, 2.24) is 10.2 Å². The Kier molecular flexibility index (Phi) is 4.59. The molecule has 0 bridgehead atoms.